The molecule has 120 valence electrons. The maximum absolute atomic E-state index is 12.4. The second-order valence-corrected chi connectivity index (χ2v) is 5.49. The molecule has 1 N–H and O–H groups in total. The lowest BCUT2D eigenvalue weighted by Gasteiger charge is -2.30. The van der Waals surface area contributed by atoms with Crippen LogP contribution < -0.4 is 15.0 Å². The Balaban J connectivity index is 1.86. The monoisotopic (exact) mass is 321 g/mol. The van der Waals surface area contributed by atoms with Crippen molar-refractivity contribution in [1.29, 1.82) is 5.26 Å². The molecule has 6 heteroatoms. The molecule has 1 heterocycles. The van der Waals surface area contributed by atoms with Crippen LogP contribution in [0.25, 0.3) is 0 Å². The van der Waals surface area contributed by atoms with E-state index in [0.29, 0.717) is 28.3 Å². The van der Waals surface area contributed by atoms with Crippen LogP contribution in [0.5, 0.6) is 5.75 Å². The fourth-order valence-electron chi connectivity index (χ4n) is 2.52. The van der Waals surface area contributed by atoms with Crippen LogP contribution in [0, 0.1) is 11.3 Å². The van der Waals surface area contributed by atoms with Crippen LogP contribution >= 0.6 is 0 Å². The molecule has 0 bridgehead atoms. The smallest absolute Gasteiger partial charge is 0.267 e. The van der Waals surface area contributed by atoms with E-state index in [2.05, 4.69) is 5.32 Å². The SMILES string of the molecule is CC1Oc2ccc(C(=O)Nc3cccc(C#N)c3)cc2N(C)C1=O. The van der Waals surface area contributed by atoms with Gasteiger partial charge in [-0.25, -0.2) is 0 Å². The first kappa shape index (κ1) is 15.6. The molecule has 0 aliphatic carbocycles. The van der Waals surface area contributed by atoms with Gasteiger partial charge in [-0.15, -0.1) is 0 Å². The number of nitriles is 1. The molecule has 2 aromatic carbocycles. The summed E-state index contributed by atoms with van der Waals surface area (Å²) in [7, 11) is 1.65. The highest BCUT2D eigenvalue weighted by molar-refractivity contribution is 6.07. The summed E-state index contributed by atoms with van der Waals surface area (Å²) in [5.41, 5.74) is 1.95. The van der Waals surface area contributed by atoms with Crippen LogP contribution in [0.2, 0.25) is 0 Å². The van der Waals surface area contributed by atoms with Gasteiger partial charge in [-0.1, -0.05) is 6.07 Å². The first-order valence-corrected chi connectivity index (χ1v) is 7.39. The maximum Gasteiger partial charge on any atom is 0.267 e. The summed E-state index contributed by atoms with van der Waals surface area (Å²) in [6, 6.07) is 13.6. The number of anilines is 2. The van der Waals surface area contributed by atoms with Crippen molar-refractivity contribution in [2.24, 2.45) is 0 Å². The lowest BCUT2D eigenvalue weighted by Crippen LogP contribution is -2.42. The average molecular weight is 321 g/mol. The number of ether oxygens (including phenoxy) is 1. The number of nitrogens with one attached hydrogen (secondary N) is 1. The largest absolute Gasteiger partial charge is 0.479 e. The molecular weight excluding hydrogens is 306 g/mol. The molecule has 0 fully saturated rings. The van der Waals surface area contributed by atoms with Gasteiger partial charge in [0.2, 0.25) is 0 Å². The molecular formula is C18H15N3O3. The van der Waals surface area contributed by atoms with Crippen molar-refractivity contribution in [3.05, 3.63) is 53.6 Å². The van der Waals surface area contributed by atoms with Gasteiger partial charge in [0.1, 0.15) is 5.75 Å². The molecule has 24 heavy (non-hydrogen) atoms. The number of carbonyl (C=O) groups excluding carboxylic acids is 2. The summed E-state index contributed by atoms with van der Waals surface area (Å²) in [5.74, 6) is 0.0711. The third-order valence-corrected chi connectivity index (χ3v) is 3.81. The Kier molecular flexibility index (Phi) is 3.92. The molecule has 1 aliphatic rings. The van der Waals surface area contributed by atoms with Gasteiger partial charge in [-0.2, -0.15) is 5.26 Å². The summed E-state index contributed by atoms with van der Waals surface area (Å²) < 4.78 is 5.54. The lowest BCUT2D eigenvalue weighted by molar-refractivity contribution is -0.125. The Hall–Kier alpha value is -3.33. The summed E-state index contributed by atoms with van der Waals surface area (Å²) >= 11 is 0. The molecule has 6 nitrogen and oxygen atoms in total. The van der Waals surface area contributed by atoms with Crippen LogP contribution in [-0.4, -0.2) is 25.0 Å². The Labute approximate surface area is 139 Å². The van der Waals surface area contributed by atoms with E-state index >= 15 is 0 Å². The van der Waals surface area contributed by atoms with Crippen molar-refractivity contribution in [1.82, 2.24) is 0 Å². The third-order valence-electron chi connectivity index (χ3n) is 3.81. The van der Waals surface area contributed by atoms with E-state index in [9.17, 15) is 9.59 Å². The number of benzene rings is 2. The van der Waals surface area contributed by atoms with Gasteiger partial charge in [0.15, 0.2) is 6.10 Å². The van der Waals surface area contributed by atoms with E-state index in [1.54, 1.807) is 56.4 Å². The van der Waals surface area contributed by atoms with E-state index in [1.807, 2.05) is 6.07 Å². The van der Waals surface area contributed by atoms with Gasteiger partial charge in [0.25, 0.3) is 11.8 Å². The third kappa shape index (κ3) is 2.79. The summed E-state index contributed by atoms with van der Waals surface area (Å²) in [5, 5.41) is 11.6. The van der Waals surface area contributed by atoms with Gasteiger partial charge < -0.3 is 15.0 Å². The second kappa shape index (κ2) is 6.05. The number of amides is 2. The van der Waals surface area contributed by atoms with Crippen molar-refractivity contribution in [3.63, 3.8) is 0 Å². The molecule has 1 unspecified atom stereocenters. The summed E-state index contributed by atoms with van der Waals surface area (Å²) in [6.45, 7) is 1.69. The first-order chi connectivity index (χ1) is 11.5. The van der Waals surface area contributed by atoms with Gasteiger partial charge in [0.05, 0.1) is 17.3 Å². The average Bonchev–Trinajstić information content (AvgIpc) is 2.59. The summed E-state index contributed by atoms with van der Waals surface area (Å²) in [6.07, 6.45) is -0.545. The van der Waals surface area contributed by atoms with Crippen molar-refractivity contribution in [2.45, 2.75) is 13.0 Å². The topological polar surface area (TPSA) is 82.4 Å². The van der Waals surface area contributed by atoms with E-state index in [-0.39, 0.29) is 11.8 Å². The zero-order valence-corrected chi connectivity index (χ0v) is 13.2. The maximum atomic E-state index is 12.4. The molecule has 0 aromatic heterocycles. The van der Waals surface area contributed by atoms with Crippen LogP contribution in [0.15, 0.2) is 42.5 Å². The summed E-state index contributed by atoms with van der Waals surface area (Å²) in [4.78, 5) is 25.9. The Bertz CT molecular complexity index is 870. The highest BCUT2D eigenvalue weighted by Crippen LogP contribution is 2.34. The van der Waals surface area contributed by atoms with Crippen molar-refractivity contribution in [3.8, 4) is 11.8 Å². The normalized spacial score (nSPS) is 16.0. The minimum Gasteiger partial charge on any atom is -0.479 e. The van der Waals surface area contributed by atoms with Gasteiger partial charge in [-0.3, -0.25) is 9.59 Å². The highest BCUT2D eigenvalue weighted by Gasteiger charge is 2.29. The molecule has 1 aliphatic heterocycles. The van der Waals surface area contributed by atoms with Gasteiger partial charge >= 0.3 is 0 Å². The second-order valence-electron chi connectivity index (χ2n) is 5.49. The number of nitrogens with zero attached hydrogens (tertiary/aromatic N) is 2. The fraction of sp³-hybridized carbons (Fsp3) is 0.167. The number of likely N-dealkylation sites (N-methyl/N-ethyl adjacent to an activating group) is 1. The molecule has 0 saturated carbocycles. The minimum atomic E-state index is -0.545. The lowest BCUT2D eigenvalue weighted by atomic mass is 10.1. The number of fused-ring (bicyclic) bond motifs is 1. The predicted octanol–water partition coefficient (Wildman–Crippen LogP) is 2.55. The minimum absolute atomic E-state index is 0.165. The zero-order valence-electron chi connectivity index (χ0n) is 13.2. The number of carbonyl (C=O) groups is 2. The quantitative estimate of drug-likeness (QED) is 0.921. The molecule has 3 rings (SSSR count). The number of rotatable bonds is 2. The van der Waals surface area contributed by atoms with Crippen molar-refractivity contribution < 1.29 is 14.3 Å². The zero-order chi connectivity index (χ0) is 17.3. The number of hydrogen-bond donors (Lipinski definition) is 1. The van der Waals surface area contributed by atoms with Crippen LogP contribution in [0.3, 0.4) is 0 Å². The van der Waals surface area contributed by atoms with E-state index in [0.717, 1.165) is 0 Å². The van der Waals surface area contributed by atoms with E-state index in [1.165, 1.54) is 4.90 Å². The standard InChI is InChI=1S/C18H15N3O3/c1-11-18(23)21(2)15-9-13(6-7-16(15)24-11)17(22)20-14-5-3-4-12(8-14)10-19/h3-9,11H,1-2H3,(H,20,22). The van der Waals surface area contributed by atoms with Crippen molar-refractivity contribution in [2.75, 3.05) is 17.3 Å². The molecule has 1 atom stereocenters. The molecule has 2 aromatic rings. The van der Waals surface area contributed by atoms with Crippen LogP contribution in [0.1, 0.15) is 22.8 Å². The van der Waals surface area contributed by atoms with Gasteiger partial charge in [0, 0.05) is 18.3 Å². The van der Waals surface area contributed by atoms with Crippen LogP contribution in [-0.2, 0) is 4.79 Å². The van der Waals surface area contributed by atoms with E-state index in [4.69, 9.17) is 10.00 Å². The van der Waals surface area contributed by atoms with Crippen molar-refractivity contribution >= 4 is 23.2 Å². The highest BCUT2D eigenvalue weighted by atomic mass is 16.5. The number of hydrogen-bond acceptors (Lipinski definition) is 4. The Morgan fingerprint density at radius 3 is 2.83 bits per heavy atom. The fourth-order valence-corrected chi connectivity index (χ4v) is 2.52. The van der Waals surface area contributed by atoms with E-state index < -0.39 is 6.10 Å². The Morgan fingerprint density at radius 1 is 1.29 bits per heavy atom. The molecule has 0 radical (unpaired) electrons. The molecule has 0 spiro atoms. The first-order valence-electron chi connectivity index (χ1n) is 7.39. The molecule has 2 amide bonds. The Morgan fingerprint density at radius 2 is 2.08 bits per heavy atom. The molecule has 0 saturated heterocycles. The van der Waals surface area contributed by atoms with Gasteiger partial charge in [-0.05, 0) is 43.3 Å². The predicted molar refractivity (Wildman–Crippen MR) is 89.1 cm³/mol. The van der Waals surface area contributed by atoms with Crippen LogP contribution in [0.4, 0.5) is 11.4 Å².